The largest absolute Gasteiger partial charge is 0.410 e. The number of hydrogen-bond acceptors (Lipinski definition) is 4. The molecule has 0 spiro atoms. The van der Waals surface area contributed by atoms with Crippen LogP contribution >= 0.6 is 0 Å². The highest BCUT2D eigenvalue weighted by Crippen LogP contribution is 2.28. The molecule has 2 aliphatic carbocycles. The number of oxime groups is 1. The summed E-state index contributed by atoms with van der Waals surface area (Å²) in [4.78, 5) is 9.45. The van der Waals surface area contributed by atoms with E-state index < -0.39 is 0 Å². The van der Waals surface area contributed by atoms with Gasteiger partial charge in [0, 0.05) is 11.1 Å². The predicted molar refractivity (Wildman–Crippen MR) is 74.6 cm³/mol. The van der Waals surface area contributed by atoms with Crippen LogP contribution < -0.4 is 0 Å². The van der Waals surface area contributed by atoms with E-state index in [-0.39, 0.29) is 12.1 Å². The highest BCUT2D eigenvalue weighted by molar-refractivity contribution is 6.79. The van der Waals surface area contributed by atoms with Gasteiger partial charge in [-0.25, -0.2) is 0 Å². The van der Waals surface area contributed by atoms with Crippen molar-refractivity contribution in [3.8, 4) is 0 Å². The highest BCUT2D eigenvalue weighted by atomic mass is 16.4. The van der Waals surface area contributed by atoms with Gasteiger partial charge in [-0.3, -0.25) is 9.98 Å². The molecule has 0 saturated carbocycles. The fraction of sp³-hybridized carbons (Fsp3) is 0.133. The maximum Gasteiger partial charge on any atom is 0.137 e. The molecule has 1 heterocycles. The topological polar surface area (TPSA) is 57.3 Å². The van der Waals surface area contributed by atoms with Crippen molar-refractivity contribution in [2.24, 2.45) is 15.1 Å². The molecule has 4 heteroatoms. The van der Waals surface area contributed by atoms with Gasteiger partial charge in [0.05, 0.1) is 17.8 Å². The summed E-state index contributed by atoms with van der Waals surface area (Å²) >= 11 is 0. The molecule has 1 aliphatic heterocycles. The number of aliphatic imine (C=N–C) groups is 2. The molecule has 19 heavy (non-hydrogen) atoms. The maximum absolute atomic E-state index is 9.27. The minimum Gasteiger partial charge on any atom is -0.410 e. The van der Waals surface area contributed by atoms with Crippen molar-refractivity contribution in [1.29, 1.82) is 0 Å². The van der Waals surface area contributed by atoms with Crippen LogP contribution in [0.15, 0.2) is 63.7 Å². The van der Waals surface area contributed by atoms with Crippen LogP contribution in [0.4, 0.5) is 0 Å². The van der Waals surface area contributed by atoms with E-state index in [1.165, 1.54) is 0 Å². The molecule has 4 rings (SSSR count). The normalized spacial score (nSPS) is 28.5. The van der Waals surface area contributed by atoms with Crippen molar-refractivity contribution < 1.29 is 5.21 Å². The van der Waals surface area contributed by atoms with Crippen molar-refractivity contribution in [2.45, 2.75) is 12.1 Å². The molecule has 2 atom stereocenters. The van der Waals surface area contributed by atoms with Crippen LogP contribution in [0.1, 0.15) is 11.1 Å². The van der Waals surface area contributed by atoms with Crippen molar-refractivity contribution in [3.63, 3.8) is 0 Å². The Bertz CT molecular complexity index is 710. The molecule has 0 fully saturated rings. The summed E-state index contributed by atoms with van der Waals surface area (Å²) in [6.45, 7) is 0. The molecule has 0 bridgehead atoms. The summed E-state index contributed by atoms with van der Waals surface area (Å²) in [5, 5.41) is 12.7. The second-order valence-electron chi connectivity index (χ2n) is 4.70. The van der Waals surface area contributed by atoms with Crippen LogP contribution in [0.25, 0.3) is 0 Å². The molecule has 1 N–H and O–H groups in total. The summed E-state index contributed by atoms with van der Waals surface area (Å²) < 4.78 is 0. The van der Waals surface area contributed by atoms with E-state index in [1.54, 1.807) is 0 Å². The summed E-state index contributed by atoms with van der Waals surface area (Å²) in [7, 11) is 0. The first-order valence-corrected chi connectivity index (χ1v) is 6.21. The van der Waals surface area contributed by atoms with E-state index in [1.807, 2.05) is 42.5 Å². The van der Waals surface area contributed by atoms with E-state index in [0.717, 1.165) is 16.8 Å². The number of benzene rings is 1. The maximum atomic E-state index is 9.27. The minimum absolute atomic E-state index is 0.00909. The van der Waals surface area contributed by atoms with Gasteiger partial charge in [0.15, 0.2) is 0 Å². The van der Waals surface area contributed by atoms with Crippen molar-refractivity contribution in [2.75, 3.05) is 0 Å². The van der Waals surface area contributed by atoms with Crippen LogP contribution in [0.2, 0.25) is 0 Å². The van der Waals surface area contributed by atoms with Gasteiger partial charge in [-0.05, 0) is 0 Å². The Kier molecular flexibility index (Phi) is 2.06. The zero-order valence-electron chi connectivity index (χ0n) is 10.1. The Balaban J connectivity index is 1.95. The Hall–Kier alpha value is -2.49. The van der Waals surface area contributed by atoms with E-state index in [0.29, 0.717) is 11.4 Å². The van der Waals surface area contributed by atoms with E-state index in [2.05, 4.69) is 16.2 Å². The van der Waals surface area contributed by atoms with Crippen molar-refractivity contribution >= 4 is 17.1 Å². The molecule has 0 saturated heterocycles. The fourth-order valence-electron chi connectivity index (χ4n) is 2.74. The first-order valence-electron chi connectivity index (χ1n) is 6.21. The molecule has 1 aromatic carbocycles. The van der Waals surface area contributed by atoms with Gasteiger partial charge in [-0.1, -0.05) is 53.7 Å². The Morgan fingerprint density at radius 3 is 2.21 bits per heavy atom. The lowest BCUT2D eigenvalue weighted by molar-refractivity contribution is 0.320. The van der Waals surface area contributed by atoms with Crippen LogP contribution in [-0.4, -0.2) is 34.4 Å². The van der Waals surface area contributed by atoms with Gasteiger partial charge in [-0.2, -0.15) is 0 Å². The van der Waals surface area contributed by atoms with Crippen molar-refractivity contribution in [3.05, 3.63) is 59.7 Å². The third kappa shape index (κ3) is 1.37. The van der Waals surface area contributed by atoms with Gasteiger partial charge in [0.1, 0.15) is 11.4 Å². The van der Waals surface area contributed by atoms with Gasteiger partial charge < -0.3 is 5.21 Å². The number of hydrogen-bond donors (Lipinski definition) is 1. The van der Waals surface area contributed by atoms with Gasteiger partial charge >= 0.3 is 0 Å². The number of fused-ring (bicyclic) bond motifs is 4. The molecule has 0 amide bonds. The number of rotatable bonds is 0. The van der Waals surface area contributed by atoms with Gasteiger partial charge in [0.25, 0.3) is 0 Å². The Labute approximate surface area is 110 Å². The molecule has 4 nitrogen and oxygen atoms in total. The summed E-state index contributed by atoms with van der Waals surface area (Å²) in [6, 6.07) is 7.87. The standard InChI is InChI=1S/C15H11N3O/c19-18-14-10-6-2-1-5-9(10)13-15(14)17-12-8-4-3-7-11(12)16-13/h1-8,11-12,19H/b18-14-. The fourth-order valence-corrected chi connectivity index (χ4v) is 2.74. The molecule has 3 aliphatic rings. The predicted octanol–water partition coefficient (Wildman–Crippen LogP) is 1.99. The zero-order chi connectivity index (χ0) is 12.8. The Morgan fingerprint density at radius 2 is 1.53 bits per heavy atom. The number of allylic oxidation sites excluding steroid dienone is 2. The summed E-state index contributed by atoms with van der Waals surface area (Å²) in [5.74, 6) is 0. The van der Waals surface area contributed by atoms with Gasteiger partial charge in [-0.15, -0.1) is 0 Å². The van der Waals surface area contributed by atoms with Crippen LogP contribution in [0.5, 0.6) is 0 Å². The molecular formula is C15H11N3O. The van der Waals surface area contributed by atoms with E-state index in [9.17, 15) is 5.21 Å². The average molecular weight is 249 g/mol. The third-order valence-corrected chi connectivity index (χ3v) is 3.62. The van der Waals surface area contributed by atoms with E-state index in [4.69, 9.17) is 4.99 Å². The zero-order valence-corrected chi connectivity index (χ0v) is 10.1. The van der Waals surface area contributed by atoms with E-state index >= 15 is 0 Å². The quantitative estimate of drug-likeness (QED) is 0.554. The lowest BCUT2D eigenvalue weighted by Crippen LogP contribution is -2.32. The third-order valence-electron chi connectivity index (χ3n) is 3.62. The summed E-state index contributed by atoms with van der Waals surface area (Å²) in [6.07, 6.45) is 8.04. The lowest BCUT2D eigenvalue weighted by Gasteiger charge is -2.22. The average Bonchev–Trinajstić information content (AvgIpc) is 2.78. The first kappa shape index (κ1) is 10.4. The van der Waals surface area contributed by atoms with Gasteiger partial charge in [0.2, 0.25) is 0 Å². The minimum atomic E-state index is 0.00909. The highest BCUT2D eigenvalue weighted by Gasteiger charge is 2.36. The van der Waals surface area contributed by atoms with Crippen LogP contribution in [0, 0.1) is 0 Å². The SMILES string of the molecule is O/N=C1\C2=NC3C=CC=CC3N=C2c2ccccc21. The second kappa shape index (κ2) is 3.75. The molecule has 92 valence electrons. The monoisotopic (exact) mass is 249 g/mol. The van der Waals surface area contributed by atoms with Crippen LogP contribution in [-0.2, 0) is 0 Å². The molecular weight excluding hydrogens is 238 g/mol. The lowest BCUT2D eigenvalue weighted by atomic mass is 10.0. The molecule has 1 aromatic rings. The number of nitrogens with zero attached hydrogens (tertiary/aromatic N) is 3. The molecule has 2 unspecified atom stereocenters. The Morgan fingerprint density at radius 1 is 0.895 bits per heavy atom. The summed E-state index contributed by atoms with van der Waals surface area (Å²) in [5.41, 5.74) is 3.95. The molecule has 0 radical (unpaired) electrons. The van der Waals surface area contributed by atoms with Crippen molar-refractivity contribution in [1.82, 2.24) is 0 Å². The molecule has 0 aromatic heterocycles. The van der Waals surface area contributed by atoms with Crippen LogP contribution in [0.3, 0.4) is 0 Å². The first-order chi connectivity index (χ1) is 9.38. The smallest absolute Gasteiger partial charge is 0.137 e. The second-order valence-corrected chi connectivity index (χ2v) is 4.70.